The highest BCUT2D eigenvalue weighted by Crippen LogP contribution is 2.23. The summed E-state index contributed by atoms with van der Waals surface area (Å²) in [6.45, 7) is 3.91. The average molecular weight is 230 g/mol. The second-order valence-corrected chi connectivity index (χ2v) is 4.19. The van der Waals surface area contributed by atoms with Crippen LogP contribution in [0.4, 0.5) is 0 Å². The van der Waals surface area contributed by atoms with Crippen LogP contribution in [0.5, 0.6) is 0 Å². The largest absolute Gasteiger partial charge is 0.324 e. The van der Waals surface area contributed by atoms with E-state index < -0.39 is 0 Å². The van der Waals surface area contributed by atoms with Crippen LogP contribution in [0.15, 0.2) is 23.8 Å². The van der Waals surface area contributed by atoms with Gasteiger partial charge in [0.05, 0.1) is 0 Å². The van der Waals surface area contributed by atoms with Crippen molar-refractivity contribution in [2.24, 2.45) is 5.73 Å². The van der Waals surface area contributed by atoms with Gasteiger partial charge in [0.1, 0.15) is 0 Å². The number of benzene rings is 1. The van der Waals surface area contributed by atoms with Crippen molar-refractivity contribution in [2.45, 2.75) is 19.9 Å². The summed E-state index contributed by atoms with van der Waals surface area (Å²) in [6, 6.07) is 5.41. The minimum atomic E-state index is 0.0325. The first kappa shape index (κ1) is 11.6. The topological polar surface area (TPSA) is 26.0 Å². The third-order valence-corrected chi connectivity index (χ3v) is 2.64. The molecular formula is C11H13Cl2N. The van der Waals surface area contributed by atoms with Crippen LogP contribution in [-0.2, 0) is 0 Å². The second-order valence-electron chi connectivity index (χ2n) is 3.34. The number of rotatable bonds is 2. The lowest BCUT2D eigenvalue weighted by Gasteiger charge is -2.06. The lowest BCUT2D eigenvalue weighted by molar-refractivity contribution is 0.868. The van der Waals surface area contributed by atoms with Crippen LogP contribution in [0.3, 0.4) is 0 Å². The van der Waals surface area contributed by atoms with Gasteiger partial charge in [-0.15, -0.1) is 0 Å². The van der Waals surface area contributed by atoms with Gasteiger partial charge in [-0.3, -0.25) is 0 Å². The van der Waals surface area contributed by atoms with E-state index in [-0.39, 0.29) is 6.04 Å². The third-order valence-electron chi connectivity index (χ3n) is 2.06. The second kappa shape index (κ2) is 4.83. The van der Waals surface area contributed by atoms with Crippen LogP contribution >= 0.6 is 23.2 Å². The average Bonchev–Trinajstić information content (AvgIpc) is 2.11. The van der Waals surface area contributed by atoms with E-state index in [9.17, 15) is 0 Å². The number of hydrogen-bond donors (Lipinski definition) is 1. The molecule has 0 spiro atoms. The predicted molar refractivity (Wildman–Crippen MR) is 63.8 cm³/mol. The minimum Gasteiger partial charge on any atom is -0.324 e. The molecule has 1 unspecified atom stereocenters. The minimum absolute atomic E-state index is 0.0325. The Morgan fingerprint density at radius 1 is 1.43 bits per heavy atom. The van der Waals surface area contributed by atoms with Gasteiger partial charge >= 0.3 is 0 Å². The van der Waals surface area contributed by atoms with Crippen LogP contribution in [0.1, 0.15) is 19.4 Å². The van der Waals surface area contributed by atoms with Gasteiger partial charge < -0.3 is 5.73 Å². The summed E-state index contributed by atoms with van der Waals surface area (Å²) in [4.78, 5) is 0. The van der Waals surface area contributed by atoms with E-state index in [1.165, 1.54) is 0 Å². The van der Waals surface area contributed by atoms with E-state index >= 15 is 0 Å². The van der Waals surface area contributed by atoms with Gasteiger partial charge in [-0.05, 0) is 37.6 Å². The maximum absolute atomic E-state index is 6.00. The molecule has 0 heterocycles. The van der Waals surface area contributed by atoms with Crippen molar-refractivity contribution in [1.29, 1.82) is 0 Å². The quantitative estimate of drug-likeness (QED) is 0.822. The molecular weight excluding hydrogens is 217 g/mol. The van der Waals surface area contributed by atoms with E-state index in [1.807, 2.05) is 26.0 Å². The zero-order valence-corrected chi connectivity index (χ0v) is 9.73. The normalized spacial score (nSPS) is 14.2. The Morgan fingerprint density at radius 3 is 2.64 bits per heavy atom. The summed E-state index contributed by atoms with van der Waals surface area (Å²) in [6.07, 6.45) is 1.96. The maximum atomic E-state index is 6.00. The Kier molecular flexibility index (Phi) is 3.99. The first-order valence-electron chi connectivity index (χ1n) is 4.39. The summed E-state index contributed by atoms with van der Waals surface area (Å²) in [5.41, 5.74) is 7.72. The fourth-order valence-electron chi connectivity index (χ4n) is 1.00. The van der Waals surface area contributed by atoms with E-state index in [0.717, 1.165) is 11.1 Å². The first-order valence-corrected chi connectivity index (χ1v) is 5.15. The summed E-state index contributed by atoms with van der Waals surface area (Å²) in [7, 11) is 0. The molecule has 14 heavy (non-hydrogen) atoms. The van der Waals surface area contributed by atoms with Gasteiger partial charge in [-0.2, -0.15) is 0 Å². The van der Waals surface area contributed by atoms with Crippen molar-refractivity contribution in [3.05, 3.63) is 39.4 Å². The Labute approximate surface area is 94.5 Å². The van der Waals surface area contributed by atoms with Gasteiger partial charge in [-0.1, -0.05) is 34.9 Å². The van der Waals surface area contributed by atoms with E-state index in [1.54, 1.807) is 12.1 Å². The summed E-state index contributed by atoms with van der Waals surface area (Å²) in [5.74, 6) is 0. The molecule has 2 N–H and O–H groups in total. The van der Waals surface area contributed by atoms with Crippen molar-refractivity contribution in [2.75, 3.05) is 0 Å². The molecule has 0 aliphatic rings. The van der Waals surface area contributed by atoms with Crippen molar-refractivity contribution in [3.63, 3.8) is 0 Å². The fourth-order valence-corrected chi connectivity index (χ4v) is 1.35. The SMILES string of the molecule is C/C(=C\c1cc(Cl)ccc1Cl)C(C)N. The molecule has 0 aromatic heterocycles. The maximum Gasteiger partial charge on any atom is 0.0479 e. The standard InChI is InChI=1S/C11H13Cl2N/c1-7(8(2)14)5-9-6-10(12)3-4-11(9)13/h3-6,8H,14H2,1-2H3/b7-5+. The van der Waals surface area contributed by atoms with Crippen LogP contribution < -0.4 is 5.73 Å². The molecule has 1 aromatic rings. The molecule has 0 fully saturated rings. The van der Waals surface area contributed by atoms with Crippen molar-refractivity contribution < 1.29 is 0 Å². The van der Waals surface area contributed by atoms with Crippen molar-refractivity contribution >= 4 is 29.3 Å². The van der Waals surface area contributed by atoms with Crippen LogP contribution in [0.25, 0.3) is 6.08 Å². The van der Waals surface area contributed by atoms with E-state index in [2.05, 4.69) is 0 Å². The first-order chi connectivity index (χ1) is 6.50. The molecule has 3 heteroatoms. The van der Waals surface area contributed by atoms with Crippen molar-refractivity contribution in [1.82, 2.24) is 0 Å². The molecule has 1 aromatic carbocycles. The summed E-state index contributed by atoms with van der Waals surface area (Å²) >= 11 is 11.9. The third kappa shape index (κ3) is 3.02. The molecule has 1 rings (SSSR count). The summed E-state index contributed by atoms with van der Waals surface area (Å²) < 4.78 is 0. The van der Waals surface area contributed by atoms with Crippen LogP contribution in [0, 0.1) is 0 Å². The lowest BCUT2D eigenvalue weighted by Crippen LogP contribution is -2.15. The van der Waals surface area contributed by atoms with Crippen molar-refractivity contribution in [3.8, 4) is 0 Å². The fraction of sp³-hybridized carbons (Fsp3) is 0.273. The molecule has 0 amide bonds. The molecule has 1 atom stereocenters. The molecule has 0 bridgehead atoms. The molecule has 0 saturated heterocycles. The Hall–Kier alpha value is -0.500. The molecule has 76 valence electrons. The zero-order valence-electron chi connectivity index (χ0n) is 8.22. The molecule has 0 saturated carbocycles. The Morgan fingerprint density at radius 2 is 2.07 bits per heavy atom. The molecule has 1 nitrogen and oxygen atoms in total. The smallest absolute Gasteiger partial charge is 0.0479 e. The summed E-state index contributed by atoms with van der Waals surface area (Å²) in [5, 5.41) is 1.37. The highest BCUT2D eigenvalue weighted by atomic mass is 35.5. The highest BCUT2D eigenvalue weighted by molar-refractivity contribution is 6.34. The number of hydrogen-bond acceptors (Lipinski definition) is 1. The van der Waals surface area contributed by atoms with Crippen LogP contribution in [0.2, 0.25) is 10.0 Å². The Bertz CT molecular complexity index is 356. The molecule has 0 radical (unpaired) electrons. The Balaban J connectivity index is 3.07. The lowest BCUT2D eigenvalue weighted by atomic mass is 10.1. The highest BCUT2D eigenvalue weighted by Gasteiger charge is 2.01. The van der Waals surface area contributed by atoms with Gasteiger partial charge in [0.25, 0.3) is 0 Å². The monoisotopic (exact) mass is 229 g/mol. The number of nitrogens with two attached hydrogens (primary N) is 1. The zero-order chi connectivity index (χ0) is 10.7. The van der Waals surface area contributed by atoms with Gasteiger partial charge in [-0.25, -0.2) is 0 Å². The van der Waals surface area contributed by atoms with Gasteiger partial charge in [0.2, 0.25) is 0 Å². The van der Waals surface area contributed by atoms with E-state index in [0.29, 0.717) is 10.0 Å². The van der Waals surface area contributed by atoms with Gasteiger partial charge in [0.15, 0.2) is 0 Å². The predicted octanol–water partition coefficient (Wildman–Crippen LogP) is 3.74. The van der Waals surface area contributed by atoms with E-state index in [4.69, 9.17) is 28.9 Å². The number of halogens is 2. The van der Waals surface area contributed by atoms with Crippen LogP contribution in [-0.4, -0.2) is 6.04 Å². The molecule has 0 aliphatic carbocycles. The molecule has 0 aliphatic heterocycles. The van der Waals surface area contributed by atoms with Gasteiger partial charge in [0, 0.05) is 16.1 Å².